The number of esters is 1. The molecule has 1 aromatic heterocycles. The van der Waals surface area contributed by atoms with Crippen molar-refractivity contribution in [2.45, 2.75) is 16.8 Å². The quantitative estimate of drug-likeness (QED) is 0.437. The molecule has 0 bridgehead atoms. The Kier molecular flexibility index (Phi) is 7.24. The van der Waals surface area contributed by atoms with Crippen LogP contribution in [0.15, 0.2) is 94.7 Å². The number of hydrogen-bond donors (Lipinski definition) is 2. The summed E-state index contributed by atoms with van der Waals surface area (Å²) in [6.07, 6.45) is 3.04. The van der Waals surface area contributed by atoms with Crippen LogP contribution in [0.4, 0.5) is 5.69 Å². The molecule has 0 aliphatic carbocycles. The van der Waals surface area contributed by atoms with E-state index < -0.39 is 11.9 Å². The van der Waals surface area contributed by atoms with E-state index in [0.29, 0.717) is 11.3 Å². The molecular formula is C23H21N3O3S. The van der Waals surface area contributed by atoms with E-state index in [1.54, 1.807) is 42.2 Å². The summed E-state index contributed by atoms with van der Waals surface area (Å²) in [4.78, 5) is 29.9. The van der Waals surface area contributed by atoms with Crippen molar-refractivity contribution in [3.8, 4) is 0 Å². The third kappa shape index (κ3) is 5.96. The number of rotatable bonds is 7. The van der Waals surface area contributed by atoms with Gasteiger partial charge in [0.2, 0.25) is 0 Å². The van der Waals surface area contributed by atoms with Crippen LogP contribution in [0, 0.1) is 6.92 Å². The van der Waals surface area contributed by atoms with Gasteiger partial charge in [0.15, 0.2) is 0 Å². The van der Waals surface area contributed by atoms with Gasteiger partial charge >= 0.3 is 5.97 Å². The first-order valence-electron chi connectivity index (χ1n) is 9.17. The molecule has 3 aromatic rings. The Morgan fingerprint density at radius 3 is 2.37 bits per heavy atom. The smallest absolute Gasteiger partial charge is 0.356 e. The average molecular weight is 420 g/mol. The van der Waals surface area contributed by atoms with Crippen LogP contribution in [0.1, 0.15) is 15.9 Å². The SMILES string of the molecule is COC(=O)/C(=C/Nc1ccc(Sc2ccc(C)cc2)nc1)NC(=O)c1ccccc1. The molecule has 1 heterocycles. The molecule has 0 saturated heterocycles. The molecule has 152 valence electrons. The minimum absolute atomic E-state index is 0.00976. The number of ether oxygens (including phenoxy) is 1. The van der Waals surface area contributed by atoms with Crippen molar-refractivity contribution in [2.24, 2.45) is 0 Å². The second-order valence-corrected chi connectivity index (χ2v) is 7.41. The fourth-order valence-corrected chi connectivity index (χ4v) is 3.20. The number of nitrogens with zero attached hydrogens (tertiary/aromatic N) is 1. The molecule has 3 rings (SSSR count). The Hall–Kier alpha value is -3.58. The fraction of sp³-hybridized carbons (Fsp3) is 0.0870. The zero-order valence-corrected chi connectivity index (χ0v) is 17.4. The van der Waals surface area contributed by atoms with Gasteiger partial charge in [0.05, 0.1) is 19.0 Å². The highest BCUT2D eigenvalue weighted by atomic mass is 32.2. The van der Waals surface area contributed by atoms with E-state index in [0.717, 1.165) is 9.92 Å². The standard InChI is InChI=1S/C23H21N3O3S/c1-16-8-11-19(12-9-16)30-21-13-10-18(14-25-21)24-15-20(23(28)29-2)26-22(27)17-6-4-3-5-7-17/h3-15,24H,1-2H3,(H,26,27)/b20-15-. The van der Waals surface area contributed by atoms with Crippen LogP contribution >= 0.6 is 11.8 Å². The van der Waals surface area contributed by atoms with Gasteiger partial charge in [-0.15, -0.1) is 0 Å². The van der Waals surface area contributed by atoms with E-state index in [-0.39, 0.29) is 5.70 Å². The molecule has 0 spiro atoms. The maximum Gasteiger partial charge on any atom is 0.356 e. The lowest BCUT2D eigenvalue weighted by atomic mass is 10.2. The first kappa shape index (κ1) is 21.1. The van der Waals surface area contributed by atoms with Gasteiger partial charge in [0.25, 0.3) is 5.91 Å². The van der Waals surface area contributed by atoms with E-state index in [1.807, 2.05) is 25.1 Å². The lowest BCUT2D eigenvalue weighted by Gasteiger charge is -2.09. The molecule has 0 atom stereocenters. The molecule has 0 saturated carbocycles. The number of carbonyl (C=O) groups excluding carboxylic acids is 2. The van der Waals surface area contributed by atoms with Crippen molar-refractivity contribution in [1.29, 1.82) is 0 Å². The number of aryl methyl sites for hydroxylation is 1. The minimum Gasteiger partial charge on any atom is -0.464 e. The van der Waals surface area contributed by atoms with Crippen molar-refractivity contribution >= 4 is 29.3 Å². The molecule has 7 heteroatoms. The summed E-state index contributed by atoms with van der Waals surface area (Å²) >= 11 is 1.56. The average Bonchev–Trinajstić information content (AvgIpc) is 2.79. The molecule has 0 unspecified atom stereocenters. The van der Waals surface area contributed by atoms with Gasteiger partial charge in [-0.1, -0.05) is 47.7 Å². The molecule has 2 aromatic carbocycles. The van der Waals surface area contributed by atoms with Crippen LogP contribution in [0.25, 0.3) is 0 Å². The first-order valence-corrected chi connectivity index (χ1v) is 9.99. The predicted molar refractivity (Wildman–Crippen MR) is 117 cm³/mol. The molecular weight excluding hydrogens is 398 g/mol. The highest BCUT2D eigenvalue weighted by Gasteiger charge is 2.14. The van der Waals surface area contributed by atoms with E-state index in [2.05, 4.69) is 39.9 Å². The third-order valence-electron chi connectivity index (χ3n) is 4.05. The third-order valence-corrected chi connectivity index (χ3v) is 5.01. The molecule has 0 radical (unpaired) electrons. The Bertz CT molecular complexity index is 1030. The summed E-state index contributed by atoms with van der Waals surface area (Å²) in [6.45, 7) is 2.05. The second kappa shape index (κ2) is 10.3. The molecule has 30 heavy (non-hydrogen) atoms. The number of anilines is 1. The Morgan fingerprint density at radius 1 is 1.00 bits per heavy atom. The van der Waals surface area contributed by atoms with Crippen LogP contribution in [-0.2, 0) is 9.53 Å². The first-order chi connectivity index (χ1) is 14.5. The fourth-order valence-electron chi connectivity index (χ4n) is 2.45. The topological polar surface area (TPSA) is 80.3 Å². The van der Waals surface area contributed by atoms with Crippen LogP contribution in [0.5, 0.6) is 0 Å². The van der Waals surface area contributed by atoms with Crippen molar-refractivity contribution in [3.05, 3.63) is 96.0 Å². The van der Waals surface area contributed by atoms with Gasteiger partial charge in [0, 0.05) is 16.7 Å². The normalized spacial score (nSPS) is 10.9. The van der Waals surface area contributed by atoms with E-state index in [4.69, 9.17) is 4.74 Å². The Labute approximate surface area is 179 Å². The molecule has 0 aliphatic rings. The summed E-state index contributed by atoms with van der Waals surface area (Å²) in [5.41, 5.74) is 2.30. The lowest BCUT2D eigenvalue weighted by molar-refractivity contribution is -0.136. The number of aromatic nitrogens is 1. The van der Waals surface area contributed by atoms with Crippen LogP contribution < -0.4 is 10.6 Å². The number of nitrogens with one attached hydrogen (secondary N) is 2. The van der Waals surface area contributed by atoms with Gasteiger partial charge in [-0.2, -0.15) is 0 Å². The minimum atomic E-state index is -0.661. The van der Waals surface area contributed by atoms with Gasteiger partial charge in [-0.05, 0) is 43.3 Å². The molecule has 0 aliphatic heterocycles. The highest BCUT2D eigenvalue weighted by molar-refractivity contribution is 7.99. The van der Waals surface area contributed by atoms with Crippen LogP contribution in [0.2, 0.25) is 0 Å². The molecule has 1 amide bonds. The summed E-state index contributed by atoms with van der Waals surface area (Å²) in [5.74, 6) is -1.07. The van der Waals surface area contributed by atoms with Gasteiger partial charge in [0.1, 0.15) is 10.7 Å². The van der Waals surface area contributed by atoms with Crippen molar-refractivity contribution in [3.63, 3.8) is 0 Å². The maximum atomic E-state index is 12.3. The highest BCUT2D eigenvalue weighted by Crippen LogP contribution is 2.26. The zero-order chi connectivity index (χ0) is 21.3. The number of benzene rings is 2. The maximum absolute atomic E-state index is 12.3. The molecule has 0 fully saturated rings. The summed E-state index contributed by atoms with van der Waals surface area (Å²) in [6, 6.07) is 20.6. The van der Waals surface area contributed by atoms with Gasteiger partial charge in [-0.3, -0.25) is 4.79 Å². The van der Waals surface area contributed by atoms with Crippen LogP contribution in [-0.4, -0.2) is 24.0 Å². The lowest BCUT2D eigenvalue weighted by Crippen LogP contribution is -2.28. The summed E-state index contributed by atoms with van der Waals surface area (Å²) in [5, 5.41) is 6.38. The number of methoxy groups -OCH3 is 1. The van der Waals surface area contributed by atoms with Crippen molar-refractivity contribution < 1.29 is 14.3 Å². The Balaban J connectivity index is 1.66. The summed E-state index contributed by atoms with van der Waals surface area (Å²) in [7, 11) is 1.25. The Morgan fingerprint density at radius 2 is 1.73 bits per heavy atom. The molecule has 6 nitrogen and oxygen atoms in total. The second-order valence-electron chi connectivity index (χ2n) is 6.31. The molecule has 2 N–H and O–H groups in total. The van der Waals surface area contributed by atoms with Gasteiger partial charge < -0.3 is 15.4 Å². The number of pyridine rings is 1. The van der Waals surface area contributed by atoms with Crippen LogP contribution in [0.3, 0.4) is 0 Å². The summed E-state index contributed by atoms with van der Waals surface area (Å²) < 4.78 is 4.75. The van der Waals surface area contributed by atoms with Crippen molar-refractivity contribution in [1.82, 2.24) is 10.3 Å². The predicted octanol–water partition coefficient (Wildman–Crippen LogP) is 4.40. The zero-order valence-electron chi connectivity index (χ0n) is 16.6. The van der Waals surface area contributed by atoms with Gasteiger partial charge in [-0.25, -0.2) is 9.78 Å². The monoisotopic (exact) mass is 419 g/mol. The van der Waals surface area contributed by atoms with E-state index >= 15 is 0 Å². The van der Waals surface area contributed by atoms with E-state index in [9.17, 15) is 9.59 Å². The number of carbonyl (C=O) groups is 2. The largest absolute Gasteiger partial charge is 0.464 e. The van der Waals surface area contributed by atoms with Crippen molar-refractivity contribution in [2.75, 3.05) is 12.4 Å². The number of hydrogen-bond acceptors (Lipinski definition) is 6. The number of amides is 1. The van der Waals surface area contributed by atoms with E-state index in [1.165, 1.54) is 18.9 Å².